The van der Waals surface area contributed by atoms with Gasteiger partial charge in [0.25, 0.3) is 0 Å². The van der Waals surface area contributed by atoms with Crippen molar-refractivity contribution < 1.29 is 9.59 Å². The second-order valence-electron chi connectivity index (χ2n) is 10.0. The highest BCUT2D eigenvalue weighted by Crippen LogP contribution is 2.26. The van der Waals surface area contributed by atoms with Gasteiger partial charge in [0.1, 0.15) is 5.82 Å². The minimum atomic E-state index is -0.216. The molecule has 0 fully saturated rings. The molecule has 0 atom stereocenters. The number of anilines is 1. The molecule has 2 heterocycles. The lowest BCUT2D eigenvalue weighted by Gasteiger charge is -2.16. The summed E-state index contributed by atoms with van der Waals surface area (Å²) in [6.07, 6.45) is 4.78. The van der Waals surface area contributed by atoms with Gasteiger partial charge >= 0.3 is 0 Å². The Morgan fingerprint density at radius 3 is 2.47 bits per heavy atom. The molecule has 5 rings (SSSR count). The molecule has 0 saturated heterocycles. The van der Waals surface area contributed by atoms with Gasteiger partial charge in [-0.15, -0.1) is 0 Å². The third kappa shape index (κ3) is 4.81. The van der Waals surface area contributed by atoms with Crippen LogP contribution in [0.5, 0.6) is 0 Å². The van der Waals surface area contributed by atoms with Crippen LogP contribution in [0.3, 0.4) is 0 Å². The lowest BCUT2D eigenvalue weighted by Crippen LogP contribution is -2.17. The molecule has 0 aliphatic heterocycles. The first-order chi connectivity index (χ1) is 17.3. The van der Waals surface area contributed by atoms with Gasteiger partial charge in [-0.05, 0) is 93.8 Å². The normalized spacial score (nSPS) is 13.0. The van der Waals surface area contributed by atoms with E-state index in [-0.39, 0.29) is 24.5 Å². The van der Waals surface area contributed by atoms with Crippen LogP contribution in [-0.4, -0.2) is 26.5 Å². The van der Waals surface area contributed by atoms with Gasteiger partial charge in [0, 0.05) is 29.9 Å². The Kier molecular flexibility index (Phi) is 6.44. The van der Waals surface area contributed by atoms with Gasteiger partial charge in [-0.2, -0.15) is 9.78 Å². The van der Waals surface area contributed by atoms with Crippen molar-refractivity contribution >= 4 is 28.4 Å². The number of benzene rings is 2. The summed E-state index contributed by atoms with van der Waals surface area (Å²) in [7, 11) is 0. The quantitative estimate of drug-likeness (QED) is 0.337. The van der Waals surface area contributed by atoms with E-state index in [2.05, 4.69) is 49.4 Å². The number of aromatic nitrogens is 3. The average molecular weight is 481 g/mol. The lowest BCUT2D eigenvalue weighted by molar-refractivity contribution is -0.116. The zero-order valence-electron chi connectivity index (χ0n) is 21.4. The first-order valence-electron chi connectivity index (χ1n) is 12.7. The number of aryl methyl sites for hydroxylation is 6. The van der Waals surface area contributed by atoms with Crippen LogP contribution < -0.4 is 5.32 Å². The van der Waals surface area contributed by atoms with Crippen LogP contribution in [0.1, 0.15) is 69.6 Å². The van der Waals surface area contributed by atoms with E-state index in [9.17, 15) is 9.59 Å². The van der Waals surface area contributed by atoms with Crippen LogP contribution in [0.2, 0.25) is 0 Å². The topological polar surface area (TPSA) is 76.9 Å². The molecule has 184 valence electrons. The zero-order chi connectivity index (χ0) is 25.4. The van der Waals surface area contributed by atoms with E-state index < -0.39 is 0 Å². The lowest BCUT2D eigenvalue weighted by atomic mass is 9.89. The van der Waals surface area contributed by atoms with Crippen LogP contribution in [-0.2, 0) is 17.6 Å². The van der Waals surface area contributed by atoms with Gasteiger partial charge in [0.15, 0.2) is 11.6 Å². The monoisotopic (exact) mass is 480 g/mol. The summed E-state index contributed by atoms with van der Waals surface area (Å²) in [5.41, 5.74) is 8.43. The third-order valence-corrected chi connectivity index (χ3v) is 7.01. The van der Waals surface area contributed by atoms with Crippen molar-refractivity contribution in [2.45, 2.75) is 66.2 Å². The second-order valence-corrected chi connectivity index (χ2v) is 10.0. The fourth-order valence-corrected chi connectivity index (χ4v) is 5.18. The van der Waals surface area contributed by atoms with E-state index in [1.54, 1.807) is 4.68 Å². The van der Waals surface area contributed by atoms with E-state index in [0.29, 0.717) is 17.2 Å². The van der Waals surface area contributed by atoms with Gasteiger partial charge in [-0.3, -0.25) is 9.59 Å². The van der Waals surface area contributed by atoms with Crippen molar-refractivity contribution in [3.63, 3.8) is 0 Å². The number of Topliss-reactive ketones (excluding diaryl/α,β-unsaturated/α-hetero) is 1. The second kappa shape index (κ2) is 9.69. The Morgan fingerprint density at radius 1 is 0.889 bits per heavy atom. The molecule has 0 radical (unpaired) electrons. The molecule has 2 aromatic carbocycles. The van der Waals surface area contributed by atoms with Crippen molar-refractivity contribution in [3.05, 3.63) is 81.5 Å². The number of fused-ring (bicyclic) bond motifs is 2. The third-order valence-electron chi connectivity index (χ3n) is 7.01. The highest BCUT2D eigenvalue weighted by molar-refractivity contribution is 6.00. The maximum absolute atomic E-state index is 12.8. The molecule has 36 heavy (non-hydrogen) atoms. The summed E-state index contributed by atoms with van der Waals surface area (Å²) >= 11 is 0. The van der Waals surface area contributed by atoms with E-state index in [1.807, 2.05) is 31.2 Å². The molecule has 0 bridgehead atoms. The number of hydrogen-bond donors (Lipinski definition) is 1. The Morgan fingerprint density at radius 2 is 1.67 bits per heavy atom. The van der Waals surface area contributed by atoms with Gasteiger partial charge in [0.05, 0.1) is 11.2 Å². The fourth-order valence-electron chi connectivity index (χ4n) is 5.18. The largest absolute Gasteiger partial charge is 0.311 e. The van der Waals surface area contributed by atoms with E-state index in [1.165, 1.54) is 29.5 Å². The van der Waals surface area contributed by atoms with Crippen LogP contribution in [0.15, 0.2) is 42.5 Å². The minimum Gasteiger partial charge on any atom is -0.311 e. The molecule has 0 unspecified atom stereocenters. The standard InChI is InChI=1S/C30H32N4O2/c1-18-13-20(3)30-25(14-18)19(2)15-27(32-30)34-28(16-21(4)33-34)31-29(36)12-11-26(35)24-10-9-22-7-5-6-8-23(22)17-24/h9-10,13-17H,5-8,11-12H2,1-4H3,(H,31,36). The number of rotatable bonds is 6. The van der Waals surface area contributed by atoms with Gasteiger partial charge in [0.2, 0.25) is 5.91 Å². The number of hydrogen-bond acceptors (Lipinski definition) is 4. The highest BCUT2D eigenvalue weighted by Gasteiger charge is 2.17. The number of ketones is 1. The molecule has 6 heteroatoms. The predicted molar refractivity (Wildman–Crippen MR) is 143 cm³/mol. The first kappa shape index (κ1) is 23.9. The van der Waals surface area contributed by atoms with Crippen molar-refractivity contribution in [2.75, 3.05) is 5.32 Å². The van der Waals surface area contributed by atoms with Gasteiger partial charge in [-0.25, -0.2) is 4.98 Å². The summed E-state index contributed by atoms with van der Waals surface area (Å²) in [6.45, 7) is 8.09. The number of nitrogens with zero attached hydrogens (tertiary/aromatic N) is 3. The predicted octanol–water partition coefficient (Wildman–Crippen LogP) is 6.13. The Balaban J connectivity index is 1.32. The summed E-state index contributed by atoms with van der Waals surface area (Å²) in [5.74, 6) is 0.989. The SMILES string of the molecule is Cc1cc(C)c2nc(-n3nc(C)cc3NC(=O)CCC(=O)c3ccc4c(c3)CCCC4)cc(C)c2c1. The fraction of sp³-hybridized carbons (Fsp3) is 0.333. The molecule has 0 spiro atoms. The van der Waals surface area contributed by atoms with Crippen molar-refractivity contribution in [1.29, 1.82) is 0 Å². The molecule has 1 aliphatic rings. The van der Waals surface area contributed by atoms with Crippen LogP contribution in [0.25, 0.3) is 16.7 Å². The van der Waals surface area contributed by atoms with Crippen LogP contribution in [0, 0.1) is 27.7 Å². The molecule has 1 N–H and O–H groups in total. The summed E-state index contributed by atoms with van der Waals surface area (Å²) in [6, 6.07) is 14.1. The maximum atomic E-state index is 12.8. The number of carbonyl (C=O) groups is 2. The van der Waals surface area contributed by atoms with Crippen molar-refractivity contribution in [3.8, 4) is 5.82 Å². The molecule has 4 aromatic rings. The summed E-state index contributed by atoms with van der Waals surface area (Å²) in [4.78, 5) is 30.5. The zero-order valence-corrected chi connectivity index (χ0v) is 21.4. The highest BCUT2D eigenvalue weighted by atomic mass is 16.2. The number of pyridine rings is 1. The molecule has 0 saturated carbocycles. The Bertz CT molecular complexity index is 1500. The summed E-state index contributed by atoms with van der Waals surface area (Å²) in [5, 5.41) is 8.65. The first-order valence-corrected chi connectivity index (χ1v) is 12.7. The number of nitrogens with one attached hydrogen (secondary N) is 1. The van der Waals surface area contributed by atoms with Crippen LogP contribution in [0.4, 0.5) is 5.82 Å². The van der Waals surface area contributed by atoms with E-state index in [0.717, 1.165) is 40.6 Å². The molecule has 1 aliphatic carbocycles. The Labute approximate surface area is 211 Å². The Hall–Kier alpha value is -3.80. The molecular weight excluding hydrogens is 448 g/mol. The maximum Gasteiger partial charge on any atom is 0.225 e. The molecule has 6 nitrogen and oxygen atoms in total. The summed E-state index contributed by atoms with van der Waals surface area (Å²) < 4.78 is 1.67. The van der Waals surface area contributed by atoms with Gasteiger partial charge in [-0.1, -0.05) is 23.8 Å². The van der Waals surface area contributed by atoms with Gasteiger partial charge < -0.3 is 5.32 Å². The smallest absolute Gasteiger partial charge is 0.225 e. The molecule has 2 aromatic heterocycles. The van der Waals surface area contributed by atoms with E-state index >= 15 is 0 Å². The minimum absolute atomic E-state index is 0.000742. The van der Waals surface area contributed by atoms with Crippen molar-refractivity contribution in [1.82, 2.24) is 14.8 Å². The number of amides is 1. The van der Waals surface area contributed by atoms with Crippen LogP contribution >= 0.6 is 0 Å². The van der Waals surface area contributed by atoms with E-state index in [4.69, 9.17) is 4.98 Å². The molecule has 1 amide bonds. The molecular formula is C30H32N4O2. The van der Waals surface area contributed by atoms with Crippen molar-refractivity contribution in [2.24, 2.45) is 0 Å². The number of carbonyl (C=O) groups excluding carboxylic acids is 2. The average Bonchev–Trinajstić information content (AvgIpc) is 3.22.